The fourth-order valence-electron chi connectivity index (χ4n) is 2.37. The monoisotopic (exact) mass is 283 g/mol. The van der Waals surface area contributed by atoms with Gasteiger partial charge >= 0.3 is 5.97 Å². The van der Waals surface area contributed by atoms with Gasteiger partial charge < -0.3 is 14.1 Å². The summed E-state index contributed by atoms with van der Waals surface area (Å²) in [5.41, 5.74) is 1.70. The van der Waals surface area contributed by atoms with Gasteiger partial charge in [0, 0.05) is 17.7 Å². The Kier molecular flexibility index (Phi) is 3.10. The molecule has 106 valence electrons. The Labute approximate surface area is 120 Å². The van der Waals surface area contributed by atoms with Crippen LogP contribution >= 0.6 is 0 Å². The van der Waals surface area contributed by atoms with Crippen molar-refractivity contribution in [3.8, 4) is 0 Å². The minimum atomic E-state index is -1.08. The first-order valence-corrected chi connectivity index (χ1v) is 6.47. The number of aryl methyl sites for hydroxylation is 1. The van der Waals surface area contributed by atoms with Gasteiger partial charge in [-0.1, -0.05) is 30.3 Å². The van der Waals surface area contributed by atoms with E-state index in [2.05, 4.69) is 0 Å². The number of Topliss-reactive ketones (excluding diaryl/α,β-unsaturated/α-hetero) is 1. The summed E-state index contributed by atoms with van der Waals surface area (Å²) in [7, 11) is 0. The van der Waals surface area contributed by atoms with Gasteiger partial charge in [0.2, 0.25) is 0 Å². The average molecular weight is 283 g/mol. The van der Waals surface area contributed by atoms with E-state index in [4.69, 9.17) is 4.42 Å². The molecule has 0 saturated heterocycles. The first-order valence-electron chi connectivity index (χ1n) is 6.47. The highest BCUT2D eigenvalue weighted by molar-refractivity contribution is 5.99. The van der Waals surface area contributed by atoms with Crippen molar-refractivity contribution in [3.05, 3.63) is 59.5 Å². The van der Waals surface area contributed by atoms with E-state index in [0.717, 1.165) is 0 Å². The van der Waals surface area contributed by atoms with Crippen molar-refractivity contribution in [1.29, 1.82) is 0 Å². The van der Waals surface area contributed by atoms with Crippen LogP contribution in [-0.2, 0) is 6.54 Å². The maximum Gasteiger partial charge on any atom is 0.352 e. The summed E-state index contributed by atoms with van der Waals surface area (Å²) in [6.07, 6.45) is 0. The lowest BCUT2D eigenvalue weighted by atomic mass is 10.1. The molecule has 0 atom stereocenters. The number of nitrogens with zero attached hydrogens (tertiary/aromatic N) is 1. The average Bonchev–Trinajstić information content (AvgIpc) is 2.97. The molecule has 5 nitrogen and oxygen atoms in total. The van der Waals surface area contributed by atoms with Crippen LogP contribution in [0, 0.1) is 6.92 Å². The molecule has 2 aromatic heterocycles. The quantitative estimate of drug-likeness (QED) is 0.747. The summed E-state index contributed by atoms with van der Waals surface area (Å²) >= 11 is 0. The number of rotatable bonds is 4. The molecule has 0 amide bonds. The molecule has 0 aliphatic carbocycles. The molecule has 0 unspecified atom stereocenters. The van der Waals surface area contributed by atoms with E-state index in [-0.39, 0.29) is 18.0 Å². The summed E-state index contributed by atoms with van der Waals surface area (Å²) in [5, 5.41) is 9.26. The van der Waals surface area contributed by atoms with E-state index in [1.165, 1.54) is 10.6 Å². The first-order chi connectivity index (χ1) is 10.1. The fraction of sp³-hybridized carbons (Fsp3) is 0.125. The Morgan fingerprint density at radius 1 is 1.19 bits per heavy atom. The van der Waals surface area contributed by atoms with Gasteiger partial charge in [-0.15, -0.1) is 0 Å². The van der Waals surface area contributed by atoms with E-state index in [9.17, 15) is 14.7 Å². The van der Waals surface area contributed by atoms with Crippen LogP contribution < -0.4 is 0 Å². The maximum absolute atomic E-state index is 12.3. The molecule has 0 fully saturated rings. The molecule has 3 aromatic rings. The van der Waals surface area contributed by atoms with Crippen LogP contribution in [0.4, 0.5) is 0 Å². The van der Waals surface area contributed by atoms with Crippen LogP contribution in [0.1, 0.15) is 26.6 Å². The number of fused-ring (bicyclic) bond motifs is 1. The molecule has 0 saturated carbocycles. The number of carbonyl (C=O) groups excluding carboxylic acids is 1. The Morgan fingerprint density at radius 3 is 2.57 bits per heavy atom. The molecule has 0 bridgehead atoms. The summed E-state index contributed by atoms with van der Waals surface area (Å²) < 4.78 is 6.91. The molecule has 21 heavy (non-hydrogen) atoms. The molecule has 0 radical (unpaired) electrons. The normalized spacial score (nSPS) is 10.9. The molecular formula is C16H13NO4. The molecular weight excluding hydrogens is 270 g/mol. The Morgan fingerprint density at radius 2 is 1.90 bits per heavy atom. The van der Waals surface area contributed by atoms with Crippen molar-refractivity contribution in [2.24, 2.45) is 0 Å². The second-order valence-corrected chi connectivity index (χ2v) is 4.82. The van der Waals surface area contributed by atoms with Gasteiger partial charge in [0.1, 0.15) is 11.5 Å². The number of carboxylic acids is 1. The Hall–Kier alpha value is -2.82. The van der Waals surface area contributed by atoms with Crippen LogP contribution in [0.25, 0.3) is 11.1 Å². The molecule has 5 heteroatoms. The summed E-state index contributed by atoms with van der Waals surface area (Å²) in [4.78, 5) is 23.6. The van der Waals surface area contributed by atoms with Gasteiger partial charge in [-0.25, -0.2) is 4.79 Å². The largest absolute Gasteiger partial charge is 0.477 e. The van der Waals surface area contributed by atoms with Crippen LogP contribution in [0.2, 0.25) is 0 Å². The van der Waals surface area contributed by atoms with E-state index in [1.807, 2.05) is 6.07 Å². The second kappa shape index (κ2) is 4.94. The molecule has 1 N–H and O–H groups in total. The number of aromatic nitrogens is 1. The number of carbonyl (C=O) groups is 2. The number of carboxylic acid groups (broad SMARTS) is 1. The zero-order valence-electron chi connectivity index (χ0n) is 11.4. The van der Waals surface area contributed by atoms with E-state index < -0.39 is 5.97 Å². The van der Waals surface area contributed by atoms with Crippen molar-refractivity contribution >= 4 is 22.9 Å². The Balaban J connectivity index is 2.04. The van der Waals surface area contributed by atoms with Gasteiger partial charge in [-0.05, 0) is 6.92 Å². The minimum absolute atomic E-state index is 0.0336. The second-order valence-electron chi connectivity index (χ2n) is 4.82. The van der Waals surface area contributed by atoms with Crippen LogP contribution in [0.5, 0.6) is 0 Å². The van der Waals surface area contributed by atoms with Crippen LogP contribution in [-0.4, -0.2) is 21.4 Å². The zero-order valence-corrected chi connectivity index (χ0v) is 11.4. The minimum Gasteiger partial charge on any atom is -0.477 e. The van der Waals surface area contributed by atoms with Crippen molar-refractivity contribution in [3.63, 3.8) is 0 Å². The smallest absolute Gasteiger partial charge is 0.352 e. The van der Waals surface area contributed by atoms with Crippen LogP contribution in [0.15, 0.2) is 46.9 Å². The molecule has 0 aliphatic rings. The van der Waals surface area contributed by atoms with Crippen molar-refractivity contribution < 1.29 is 19.1 Å². The van der Waals surface area contributed by atoms with Gasteiger partial charge in [0.25, 0.3) is 0 Å². The highest BCUT2D eigenvalue weighted by Gasteiger charge is 2.19. The number of hydrogen-bond acceptors (Lipinski definition) is 3. The molecule has 3 rings (SSSR count). The SMILES string of the molecule is Cc1cc2c(cc(C(=O)O)n2CC(=O)c2ccccc2)o1. The third kappa shape index (κ3) is 2.33. The number of ketones is 1. The number of furan rings is 1. The summed E-state index contributed by atoms with van der Waals surface area (Å²) in [6.45, 7) is 1.75. The van der Waals surface area contributed by atoms with E-state index in [0.29, 0.717) is 22.4 Å². The third-order valence-corrected chi connectivity index (χ3v) is 3.33. The highest BCUT2D eigenvalue weighted by Crippen LogP contribution is 2.24. The number of hydrogen-bond donors (Lipinski definition) is 1. The molecule has 0 spiro atoms. The zero-order chi connectivity index (χ0) is 15.0. The summed E-state index contributed by atoms with van der Waals surface area (Å²) in [5.74, 6) is -0.549. The Bertz CT molecular complexity index is 827. The maximum atomic E-state index is 12.3. The van der Waals surface area contributed by atoms with Gasteiger partial charge in [-0.2, -0.15) is 0 Å². The lowest BCUT2D eigenvalue weighted by Crippen LogP contribution is -2.15. The van der Waals surface area contributed by atoms with Gasteiger partial charge in [0.05, 0.1) is 12.1 Å². The predicted octanol–water partition coefficient (Wildman–Crippen LogP) is 3.12. The molecule has 0 aliphatic heterocycles. The number of aromatic carboxylic acids is 1. The number of benzene rings is 1. The third-order valence-electron chi connectivity index (χ3n) is 3.33. The summed E-state index contributed by atoms with van der Waals surface area (Å²) in [6, 6.07) is 12.0. The lowest BCUT2D eigenvalue weighted by Gasteiger charge is -2.06. The van der Waals surface area contributed by atoms with Gasteiger partial charge in [0.15, 0.2) is 11.4 Å². The standard InChI is InChI=1S/C16H13NO4/c1-10-7-12-15(21-10)8-13(16(19)20)17(12)9-14(18)11-5-3-2-4-6-11/h2-8H,9H2,1H3,(H,19,20). The first kappa shape index (κ1) is 13.2. The van der Waals surface area contributed by atoms with Gasteiger partial charge in [-0.3, -0.25) is 4.79 Å². The van der Waals surface area contributed by atoms with E-state index in [1.54, 1.807) is 37.3 Å². The van der Waals surface area contributed by atoms with E-state index >= 15 is 0 Å². The molecule has 1 aromatic carbocycles. The van der Waals surface area contributed by atoms with Crippen LogP contribution in [0.3, 0.4) is 0 Å². The van der Waals surface area contributed by atoms with Crippen molar-refractivity contribution in [2.75, 3.05) is 0 Å². The predicted molar refractivity (Wildman–Crippen MR) is 76.7 cm³/mol. The van der Waals surface area contributed by atoms with Crippen molar-refractivity contribution in [2.45, 2.75) is 13.5 Å². The fourth-order valence-corrected chi connectivity index (χ4v) is 2.37. The van der Waals surface area contributed by atoms with Crippen molar-refractivity contribution in [1.82, 2.24) is 4.57 Å². The highest BCUT2D eigenvalue weighted by atomic mass is 16.4. The molecule has 2 heterocycles. The topological polar surface area (TPSA) is 72.4 Å². The lowest BCUT2D eigenvalue weighted by molar-refractivity contribution is 0.0685.